The summed E-state index contributed by atoms with van der Waals surface area (Å²) < 4.78 is 2.98. The van der Waals surface area contributed by atoms with Crippen molar-refractivity contribution in [2.24, 2.45) is 12.8 Å². The number of carbonyl (C=O) groups excluding carboxylic acids is 1. The highest BCUT2D eigenvalue weighted by molar-refractivity contribution is 5.95. The Morgan fingerprint density at radius 1 is 1.55 bits per heavy atom. The fourth-order valence-electron chi connectivity index (χ4n) is 1.97. The van der Waals surface area contributed by atoms with E-state index in [-0.39, 0.29) is 23.6 Å². The average molecular weight is 278 g/mol. The summed E-state index contributed by atoms with van der Waals surface area (Å²) in [4.78, 5) is 26.1. The van der Waals surface area contributed by atoms with Crippen molar-refractivity contribution < 1.29 is 9.72 Å². The second-order valence-electron chi connectivity index (χ2n) is 4.23. The van der Waals surface area contributed by atoms with Crippen LogP contribution in [0, 0.1) is 10.1 Å². The molecular formula is C11H14N6O3. The van der Waals surface area contributed by atoms with Gasteiger partial charge in [0.1, 0.15) is 18.1 Å². The van der Waals surface area contributed by atoms with E-state index in [0.29, 0.717) is 12.2 Å². The lowest BCUT2D eigenvalue weighted by Gasteiger charge is -2.04. The van der Waals surface area contributed by atoms with Crippen LogP contribution in [0.5, 0.6) is 0 Å². The summed E-state index contributed by atoms with van der Waals surface area (Å²) >= 11 is 0. The number of nitrogens with zero attached hydrogens (tertiary/aromatic N) is 5. The summed E-state index contributed by atoms with van der Waals surface area (Å²) in [6.45, 7) is 1.87. The van der Waals surface area contributed by atoms with E-state index in [1.807, 2.05) is 0 Å². The third-order valence-electron chi connectivity index (χ3n) is 2.96. The predicted octanol–water partition coefficient (Wildman–Crippen LogP) is 0.234. The van der Waals surface area contributed by atoms with Gasteiger partial charge in [-0.15, -0.1) is 0 Å². The molecular weight excluding hydrogens is 264 g/mol. The number of nitrogens with two attached hydrogens (primary N) is 1. The van der Waals surface area contributed by atoms with Gasteiger partial charge in [-0.1, -0.05) is 6.92 Å². The molecule has 0 radical (unpaired) electrons. The Morgan fingerprint density at radius 3 is 2.70 bits per heavy atom. The van der Waals surface area contributed by atoms with E-state index in [2.05, 4.69) is 10.1 Å². The van der Waals surface area contributed by atoms with E-state index in [9.17, 15) is 14.9 Å². The number of carbonyl (C=O) groups is 1. The lowest BCUT2D eigenvalue weighted by atomic mass is 10.2. The van der Waals surface area contributed by atoms with Crippen LogP contribution in [-0.4, -0.2) is 30.2 Å². The number of rotatable bonds is 5. The van der Waals surface area contributed by atoms with Crippen LogP contribution in [-0.2, 0) is 20.0 Å². The van der Waals surface area contributed by atoms with Gasteiger partial charge in [0, 0.05) is 19.4 Å². The zero-order valence-corrected chi connectivity index (χ0v) is 11.1. The molecule has 0 atom stereocenters. The van der Waals surface area contributed by atoms with E-state index in [0.717, 1.165) is 0 Å². The minimum atomic E-state index is -0.877. The van der Waals surface area contributed by atoms with Gasteiger partial charge >= 0.3 is 5.69 Å². The SMILES string of the molecule is CCc1nn(Cc2nccn2C)c(C(N)=O)c1[N+](=O)[O-]. The molecule has 1 amide bonds. The molecule has 0 aliphatic rings. The van der Waals surface area contributed by atoms with Crippen molar-refractivity contribution in [1.29, 1.82) is 0 Å². The highest BCUT2D eigenvalue weighted by Crippen LogP contribution is 2.24. The first kappa shape index (κ1) is 13.7. The van der Waals surface area contributed by atoms with Gasteiger partial charge in [-0.2, -0.15) is 5.10 Å². The number of imidazole rings is 1. The minimum Gasteiger partial charge on any atom is -0.364 e. The second kappa shape index (κ2) is 5.11. The molecule has 9 heteroatoms. The summed E-state index contributed by atoms with van der Waals surface area (Å²) in [6.07, 6.45) is 3.67. The fraction of sp³-hybridized carbons (Fsp3) is 0.364. The molecule has 0 bridgehead atoms. The van der Waals surface area contributed by atoms with Gasteiger partial charge < -0.3 is 10.3 Å². The first-order valence-electron chi connectivity index (χ1n) is 5.95. The summed E-state index contributed by atoms with van der Waals surface area (Å²) in [5.41, 5.74) is 4.97. The van der Waals surface area contributed by atoms with Gasteiger partial charge in [-0.05, 0) is 6.42 Å². The molecule has 2 aromatic rings. The number of hydrogen-bond donors (Lipinski definition) is 1. The molecule has 2 N–H and O–H groups in total. The van der Waals surface area contributed by atoms with Crippen LogP contribution in [0.3, 0.4) is 0 Å². The molecule has 106 valence electrons. The molecule has 9 nitrogen and oxygen atoms in total. The summed E-state index contributed by atoms with van der Waals surface area (Å²) in [5.74, 6) is -0.259. The Morgan fingerprint density at radius 2 is 2.25 bits per heavy atom. The van der Waals surface area contributed by atoms with Gasteiger partial charge in [-0.25, -0.2) is 9.67 Å². The Kier molecular flexibility index (Phi) is 3.51. The smallest absolute Gasteiger partial charge is 0.323 e. The van der Waals surface area contributed by atoms with Gasteiger partial charge in [0.2, 0.25) is 5.69 Å². The lowest BCUT2D eigenvalue weighted by Crippen LogP contribution is -2.20. The molecule has 0 fully saturated rings. The maximum absolute atomic E-state index is 11.5. The largest absolute Gasteiger partial charge is 0.364 e. The van der Waals surface area contributed by atoms with Crippen LogP contribution in [0.15, 0.2) is 12.4 Å². The molecule has 0 unspecified atom stereocenters. The van der Waals surface area contributed by atoms with E-state index < -0.39 is 10.8 Å². The quantitative estimate of drug-likeness (QED) is 0.619. The molecule has 0 spiro atoms. The molecule has 2 rings (SSSR count). The molecule has 2 heterocycles. The van der Waals surface area contributed by atoms with Crippen molar-refractivity contribution in [2.75, 3.05) is 0 Å². The first-order chi connectivity index (χ1) is 9.45. The molecule has 0 saturated heterocycles. The Bertz CT molecular complexity index is 672. The maximum atomic E-state index is 11.5. The monoisotopic (exact) mass is 278 g/mol. The molecule has 2 aromatic heterocycles. The highest BCUT2D eigenvalue weighted by atomic mass is 16.6. The van der Waals surface area contributed by atoms with Crippen molar-refractivity contribution in [2.45, 2.75) is 19.9 Å². The number of amides is 1. The topological polar surface area (TPSA) is 122 Å². The molecule has 0 aliphatic carbocycles. The highest BCUT2D eigenvalue weighted by Gasteiger charge is 2.30. The third-order valence-corrected chi connectivity index (χ3v) is 2.96. The van der Waals surface area contributed by atoms with Crippen LogP contribution in [0.4, 0.5) is 5.69 Å². The fourth-order valence-corrected chi connectivity index (χ4v) is 1.97. The van der Waals surface area contributed by atoms with Crippen molar-refractivity contribution in [1.82, 2.24) is 19.3 Å². The molecule has 0 aromatic carbocycles. The van der Waals surface area contributed by atoms with Gasteiger partial charge in [0.15, 0.2) is 0 Å². The van der Waals surface area contributed by atoms with E-state index in [1.165, 1.54) is 4.68 Å². The molecule has 20 heavy (non-hydrogen) atoms. The van der Waals surface area contributed by atoms with Crippen molar-refractivity contribution in [3.63, 3.8) is 0 Å². The van der Waals surface area contributed by atoms with E-state index in [4.69, 9.17) is 5.73 Å². The minimum absolute atomic E-state index is 0.141. The predicted molar refractivity (Wildman–Crippen MR) is 69.1 cm³/mol. The van der Waals surface area contributed by atoms with Gasteiger partial charge in [0.25, 0.3) is 5.91 Å². The first-order valence-corrected chi connectivity index (χ1v) is 5.95. The van der Waals surface area contributed by atoms with Gasteiger partial charge in [-0.3, -0.25) is 14.9 Å². The van der Waals surface area contributed by atoms with E-state index in [1.54, 1.807) is 30.9 Å². The number of primary amides is 1. The van der Waals surface area contributed by atoms with Crippen LogP contribution in [0.25, 0.3) is 0 Å². The van der Waals surface area contributed by atoms with Crippen LogP contribution in [0.1, 0.15) is 28.9 Å². The summed E-state index contributed by atoms with van der Waals surface area (Å²) in [6, 6.07) is 0. The second-order valence-corrected chi connectivity index (χ2v) is 4.23. The number of aromatic nitrogens is 4. The van der Waals surface area contributed by atoms with Crippen molar-refractivity contribution >= 4 is 11.6 Å². The zero-order chi connectivity index (χ0) is 14.9. The number of nitro groups is 1. The van der Waals surface area contributed by atoms with E-state index >= 15 is 0 Å². The standard InChI is InChI=1S/C11H14N6O3/c1-3-7-9(17(19)20)10(11(12)18)16(14-7)6-8-13-4-5-15(8)2/h4-5H,3,6H2,1-2H3,(H2,12,18). The average Bonchev–Trinajstić information content (AvgIpc) is 2.94. The number of aryl methyl sites for hydroxylation is 2. The Labute approximate surface area is 114 Å². The Balaban J connectivity index is 2.55. The van der Waals surface area contributed by atoms with Crippen LogP contribution >= 0.6 is 0 Å². The summed E-state index contributed by atoms with van der Waals surface area (Å²) in [7, 11) is 1.78. The normalized spacial score (nSPS) is 10.7. The van der Waals surface area contributed by atoms with Crippen molar-refractivity contribution in [3.05, 3.63) is 39.7 Å². The molecule has 0 aliphatic heterocycles. The maximum Gasteiger partial charge on any atom is 0.323 e. The van der Waals surface area contributed by atoms with Crippen molar-refractivity contribution in [3.8, 4) is 0 Å². The van der Waals surface area contributed by atoms with Gasteiger partial charge in [0.05, 0.1) is 4.92 Å². The Hall–Kier alpha value is -2.71. The zero-order valence-electron chi connectivity index (χ0n) is 11.1. The number of hydrogen-bond acceptors (Lipinski definition) is 5. The lowest BCUT2D eigenvalue weighted by molar-refractivity contribution is -0.385. The van der Waals surface area contributed by atoms with Crippen LogP contribution < -0.4 is 5.73 Å². The van der Waals surface area contributed by atoms with Crippen LogP contribution in [0.2, 0.25) is 0 Å². The summed E-state index contributed by atoms with van der Waals surface area (Å²) in [5, 5.41) is 15.2. The molecule has 0 saturated carbocycles. The third kappa shape index (κ3) is 2.25.